The summed E-state index contributed by atoms with van der Waals surface area (Å²) in [4.78, 5) is 0. The predicted molar refractivity (Wildman–Crippen MR) is 61.0 cm³/mol. The summed E-state index contributed by atoms with van der Waals surface area (Å²) in [5.41, 5.74) is 2.52. The molecule has 12 heavy (non-hydrogen) atoms. The van der Waals surface area contributed by atoms with Crippen molar-refractivity contribution >= 4 is 44.9 Å². The Morgan fingerprint density at radius 3 is 2.92 bits per heavy atom. The molecular formula is C9H10BrClS. The van der Waals surface area contributed by atoms with Gasteiger partial charge in [0.05, 0.1) is 3.79 Å². The van der Waals surface area contributed by atoms with Gasteiger partial charge in [-0.3, -0.25) is 0 Å². The summed E-state index contributed by atoms with van der Waals surface area (Å²) in [6, 6.07) is 2.10. The van der Waals surface area contributed by atoms with Gasteiger partial charge >= 0.3 is 0 Å². The van der Waals surface area contributed by atoms with Gasteiger partial charge < -0.3 is 0 Å². The molecule has 1 aromatic heterocycles. The largest absolute Gasteiger partial charge is 0.136 e. The lowest BCUT2D eigenvalue weighted by molar-refractivity contribution is 1.12. The summed E-state index contributed by atoms with van der Waals surface area (Å²) in [5.74, 6) is 0.629. The molecule has 0 spiro atoms. The third kappa shape index (κ3) is 2.92. The van der Waals surface area contributed by atoms with E-state index in [1.54, 1.807) is 11.3 Å². The van der Waals surface area contributed by atoms with E-state index < -0.39 is 0 Å². The molecule has 0 amide bonds. The summed E-state index contributed by atoms with van der Waals surface area (Å²) < 4.78 is 1.17. The second-order valence-corrected chi connectivity index (χ2v) is 5.03. The van der Waals surface area contributed by atoms with Crippen LogP contribution in [0.15, 0.2) is 20.8 Å². The number of hydrogen-bond acceptors (Lipinski definition) is 1. The van der Waals surface area contributed by atoms with E-state index in [1.807, 2.05) is 0 Å². The lowest BCUT2D eigenvalue weighted by Crippen LogP contribution is -1.80. The highest BCUT2D eigenvalue weighted by Gasteiger charge is 1.95. The lowest BCUT2D eigenvalue weighted by Gasteiger charge is -1.95. The van der Waals surface area contributed by atoms with E-state index in [2.05, 4.69) is 40.4 Å². The zero-order chi connectivity index (χ0) is 8.97. The fraction of sp³-hybridized carbons (Fsp3) is 0.333. The van der Waals surface area contributed by atoms with Gasteiger partial charge in [-0.15, -0.1) is 22.9 Å². The van der Waals surface area contributed by atoms with E-state index in [0.29, 0.717) is 5.88 Å². The van der Waals surface area contributed by atoms with E-state index in [-0.39, 0.29) is 0 Å². The minimum Gasteiger partial charge on any atom is -0.136 e. The highest BCUT2D eigenvalue weighted by atomic mass is 79.9. The van der Waals surface area contributed by atoms with Crippen LogP contribution in [0, 0.1) is 0 Å². The normalized spacial score (nSPS) is 12.1. The number of hydrogen-bond donors (Lipinski definition) is 0. The van der Waals surface area contributed by atoms with Crippen LogP contribution in [0.5, 0.6) is 0 Å². The molecule has 0 N–H and O–H groups in total. The second kappa shape index (κ2) is 5.05. The quantitative estimate of drug-likeness (QED) is 0.704. The van der Waals surface area contributed by atoms with Crippen LogP contribution in [-0.4, -0.2) is 5.88 Å². The Kier molecular flexibility index (Phi) is 4.33. The summed E-state index contributed by atoms with van der Waals surface area (Å²) in [7, 11) is 0. The summed E-state index contributed by atoms with van der Waals surface area (Å²) in [5, 5.41) is 2.12. The lowest BCUT2D eigenvalue weighted by atomic mass is 10.2. The maximum Gasteiger partial charge on any atom is 0.0704 e. The number of rotatable bonds is 3. The smallest absolute Gasteiger partial charge is 0.0704 e. The molecule has 1 heterocycles. The molecule has 0 aliphatic rings. The Morgan fingerprint density at radius 1 is 1.75 bits per heavy atom. The van der Waals surface area contributed by atoms with E-state index >= 15 is 0 Å². The summed E-state index contributed by atoms with van der Waals surface area (Å²) in [6.07, 6.45) is 3.17. The van der Waals surface area contributed by atoms with Gasteiger partial charge in [-0.05, 0) is 39.4 Å². The molecule has 0 unspecified atom stereocenters. The van der Waals surface area contributed by atoms with Crippen LogP contribution in [0.25, 0.3) is 6.08 Å². The molecule has 0 saturated heterocycles. The second-order valence-electron chi connectivity index (χ2n) is 2.47. The Morgan fingerprint density at radius 2 is 2.50 bits per heavy atom. The Labute approximate surface area is 90.4 Å². The molecule has 0 nitrogen and oxygen atoms in total. The van der Waals surface area contributed by atoms with Crippen LogP contribution in [-0.2, 0) is 0 Å². The minimum atomic E-state index is 0.629. The molecule has 0 aromatic carbocycles. The van der Waals surface area contributed by atoms with Crippen molar-refractivity contribution in [2.75, 3.05) is 5.88 Å². The molecular weight excluding hydrogens is 256 g/mol. The topological polar surface area (TPSA) is 0 Å². The van der Waals surface area contributed by atoms with Gasteiger partial charge in [0, 0.05) is 5.88 Å². The maximum atomic E-state index is 5.75. The first kappa shape index (κ1) is 10.3. The fourth-order valence-electron chi connectivity index (χ4n) is 0.870. The average molecular weight is 266 g/mol. The zero-order valence-corrected chi connectivity index (χ0v) is 9.97. The van der Waals surface area contributed by atoms with Gasteiger partial charge in [0.15, 0.2) is 0 Å². The van der Waals surface area contributed by atoms with Gasteiger partial charge in [0.1, 0.15) is 0 Å². The van der Waals surface area contributed by atoms with Crippen molar-refractivity contribution < 1.29 is 0 Å². The van der Waals surface area contributed by atoms with Crippen LogP contribution in [0.3, 0.4) is 0 Å². The molecule has 0 aliphatic heterocycles. The van der Waals surface area contributed by atoms with E-state index in [0.717, 1.165) is 6.42 Å². The van der Waals surface area contributed by atoms with E-state index in [9.17, 15) is 0 Å². The van der Waals surface area contributed by atoms with Crippen molar-refractivity contribution in [1.29, 1.82) is 0 Å². The van der Waals surface area contributed by atoms with Crippen LogP contribution < -0.4 is 0 Å². The molecule has 3 heteroatoms. The van der Waals surface area contributed by atoms with Crippen molar-refractivity contribution in [1.82, 2.24) is 0 Å². The van der Waals surface area contributed by atoms with Crippen LogP contribution in [0.2, 0.25) is 0 Å². The first-order chi connectivity index (χ1) is 5.76. The Balaban J connectivity index is 2.78. The maximum absolute atomic E-state index is 5.75. The number of alkyl halides is 1. The average Bonchev–Trinajstić information content (AvgIpc) is 2.47. The molecule has 0 saturated carbocycles. The van der Waals surface area contributed by atoms with Crippen molar-refractivity contribution in [2.45, 2.75) is 13.3 Å². The first-order valence-electron chi connectivity index (χ1n) is 3.75. The third-order valence-corrected chi connectivity index (χ3v) is 3.45. The SMILES string of the molecule is CC/C(=C/c1csc(Br)c1)CCl. The van der Waals surface area contributed by atoms with Gasteiger partial charge in [-0.25, -0.2) is 0 Å². The van der Waals surface area contributed by atoms with Crippen molar-refractivity contribution in [2.24, 2.45) is 0 Å². The van der Waals surface area contributed by atoms with Gasteiger partial charge in [0.2, 0.25) is 0 Å². The minimum absolute atomic E-state index is 0.629. The van der Waals surface area contributed by atoms with Gasteiger partial charge in [0.25, 0.3) is 0 Å². The van der Waals surface area contributed by atoms with Crippen molar-refractivity contribution in [3.05, 3.63) is 26.4 Å². The first-order valence-corrected chi connectivity index (χ1v) is 5.96. The van der Waals surface area contributed by atoms with Crippen LogP contribution in [0.1, 0.15) is 18.9 Å². The number of allylic oxidation sites excluding steroid dienone is 1. The number of halogens is 2. The Bertz CT molecular complexity index is 272. The molecule has 0 bridgehead atoms. The summed E-state index contributed by atoms with van der Waals surface area (Å²) in [6.45, 7) is 2.12. The van der Waals surface area contributed by atoms with Crippen LogP contribution >= 0.6 is 38.9 Å². The summed E-state index contributed by atoms with van der Waals surface area (Å²) >= 11 is 10.9. The Hall–Kier alpha value is 0.210. The molecule has 1 rings (SSSR count). The fourth-order valence-corrected chi connectivity index (χ4v) is 2.27. The molecule has 0 aliphatic carbocycles. The molecule has 0 atom stereocenters. The van der Waals surface area contributed by atoms with E-state index in [1.165, 1.54) is 14.9 Å². The predicted octanol–water partition coefficient (Wildman–Crippen LogP) is 4.54. The molecule has 1 aromatic rings. The monoisotopic (exact) mass is 264 g/mol. The van der Waals surface area contributed by atoms with Gasteiger partial charge in [-0.1, -0.05) is 18.6 Å². The molecule has 66 valence electrons. The molecule has 0 radical (unpaired) electrons. The van der Waals surface area contributed by atoms with Gasteiger partial charge in [-0.2, -0.15) is 0 Å². The number of thiophene rings is 1. The standard InChI is InChI=1S/C9H10BrClS/c1-2-7(5-11)3-8-4-9(10)12-6-8/h3-4,6H,2,5H2,1H3/b7-3-. The van der Waals surface area contributed by atoms with Crippen molar-refractivity contribution in [3.8, 4) is 0 Å². The van der Waals surface area contributed by atoms with E-state index in [4.69, 9.17) is 11.6 Å². The zero-order valence-electron chi connectivity index (χ0n) is 6.81. The highest BCUT2D eigenvalue weighted by Crippen LogP contribution is 2.23. The van der Waals surface area contributed by atoms with Crippen LogP contribution in [0.4, 0.5) is 0 Å². The van der Waals surface area contributed by atoms with Crippen molar-refractivity contribution in [3.63, 3.8) is 0 Å². The molecule has 0 fully saturated rings. The third-order valence-electron chi connectivity index (χ3n) is 1.58. The highest BCUT2D eigenvalue weighted by molar-refractivity contribution is 9.11.